The Bertz CT molecular complexity index is 444. The first kappa shape index (κ1) is 15.8. The van der Waals surface area contributed by atoms with Gasteiger partial charge in [0.05, 0.1) is 0 Å². The fourth-order valence-electron chi connectivity index (χ4n) is 3.01. The van der Waals surface area contributed by atoms with E-state index in [1.807, 2.05) is 11.3 Å². The Morgan fingerprint density at radius 3 is 2.50 bits per heavy atom. The van der Waals surface area contributed by atoms with Gasteiger partial charge in [0.15, 0.2) is 0 Å². The van der Waals surface area contributed by atoms with Gasteiger partial charge in [-0.15, -0.1) is 11.3 Å². The van der Waals surface area contributed by atoms with Gasteiger partial charge < -0.3 is 5.32 Å². The fourth-order valence-corrected chi connectivity index (χ4v) is 4.05. The van der Waals surface area contributed by atoms with Crippen LogP contribution >= 0.6 is 11.3 Å². The van der Waals surface area contributed by atoms with E-state index in [2.05, 4.69) is 51.3 Å². The monoisotopic (exact) mass is 291 g/mol. The van der Waals surface area contributed by atoms with E-state index in [-0.39, 0.29) is 5.41 Å². The third-order valence-corrected chi connectivity index (χ3v) is 5.66. The quantitative estimate of drug-likeness (QED) is 0.801. The highest BCUT2D eigenvalue weighted by atomic mass is 32.1. The molecule has 0 aliphatic heterocycles. The van der Waals surface area contributed by atoms with Crippen molar-refractivity contribution in [2.45, 2.75) is 58.3 Å². The van der Waals surface area contributed by atoms with E-state index in [1.54, 1.807) is 5.57 Å². The molecular weight excluding hydrogens is 262 g/mol. The van der Waals surface area contributed by atoms with Gasteiger partial charge in [0.1, 0.15) is 0 Å². The molecule has 2 heteroatoms. The van der Waals surface area contributed by atoms with Gasteiger partial charge in [0.25, 0.3) is 0 Å². The summed E-state index contributed by atoms with van der Waals surface area (Å²) in [6.45, 7) is 7.92. The molecule has 0 saturated heterocycles. The lowest BCUT2D eigenvalue weighted by atomic mass is 9.83. The van der Waals surface area contributed by atoms with Crippen molar-refractivity contribution in [3.8, 4) is 0 Å². The van der Waals surface area contributed by atoms with Crippen LogP contribution in [0, 0.1) is 5.92 Å². The topological polar surface area (TPSA) is 12.0 Å². The molecule has 0 atom stereocenters. The molecule has 1 heterocycles. The first-order valence-corrected chi connectivity index (χ1v) is 8.78. The summed E-state index contributed by atoms with van der Waals surface area (Å²) < 4.78 is 0. The van der Waals surface area contributed by atoms with Crippen LogP contribution in [0.15, 0.2) is 17.7 Å². The van der Waals surface area contributed by atoms with Gasteiger partial charge in [-0.3, -0.25) is 0 Å². The van der Waals surface area contributed by atoms with Gasteiger partial charge in [-0.2, -0.15) is 0 Å². The minimum Gasteiger partial charge on any atom is -0.316 e. The predicted molar refractivity (Wildman–Crippen MR) is 91.5 cm³/mol. The Morgan fingerprint density at radius 1 is 1.25 bits per heavy atom. The van der Waals surface area contributed by atoms with Crippen LogP contribution in [0.3, 0.4) is 0 Å². The van der Waals surface area contributed by atoms with Crippen molar-refractivity contribution < 1.29 is 0 Å². The molecule has 1 aliphatic carbocycles. The number of hydrogen-bond acceptors (Lipinski definition) is 2. The third-order valence-electron chi connectivity index (χ3n) is 4.20. The van der Waals surface area contributed by atoms with Crippen LogP contribution in [0.25, 0.3) is 6.08 Å². The SMILES string of the molecule is CNC/C(=C/c1ccc(C(C)(C)C)s1)C1CCCCC1. The fraction of sp³-hybridized carbons (Fsp3) is 0.667. The highest BCUT2D eigenvalue weighted by Gasteiger charge is 2.19. The molecule has 1 nitrogen and oxygen atoms in total. The summed E-state index contributed by atoms with van der Waals surface area (Å²) in [6, 6.07) is 4.60. The largest absolute Gasteiger partial charge is 0.316 e. The Balaban J connectivity index is 2.17. The molecule has 0 bridgehead atoms. The molecule has 0 aromatic carbocycles. The summed E-state index contributed by atoms with van der Waals surface area (Å²) in [5.41, 5.74) is 1.87. The summed E-state index contributed by atoms with van der Waals surface area (Å²) in [5, 5.41) is 3.36. The van der Waals surface area contributed by atoms with E-state index in [0.717, 1.165) is 12.5 Å². The highest BCUT2D eigenvalue weighted by molar-refractivity contribution is 7.13. The van der Waals surface area contributed by atoms with Gasteiger partial charge >= 0.3 is 0 Å². The summed E-state index contributed by atoms with van der Waals surface area (Å²) in [7, 11) is 2.06. The molecule has 1 N–H and O–H groups in total. The zero-order valence-electron chi connectivity index (χ0n) is 13.5. The molecule has 0 unspecified atom stereocenters. The van der Waals surface area contributed by atoms with Gasteiger partial charge in [-0.1, -0.05) is 45.6 Å². The second-order valence-corrected chi connectivity index (χ2v) is 8.15. The molecule has 112 valence electrons. The van der Waals surface area contributed by atoms with Crippen LogP contribution in [0.5, 0.6) is 0 Å². The summed E-state index contributed by atoms with van der Waals surface area (Å²) >= 11 is 1.95. The van der Waals surface area contributed by atoms with Gasteiger partial charge in [-0.05, 0) is 49.4 Å². The average molecular weight is 292 g/mol. The van der Waals surface area contributed by atoms with Gasteiger partial charge in [-0.25, -0.2) is 0 Å². The molecule has 0 amide bonds. The second-order valence-electron chi connectivity index (χ2n) is 7.04. The molecule has 1 aromatic heterocycles. The van der Waals surface area contributed by atoms with Crippen molar-refractivity contribution in [2.24, 2.45) is 5.92 Å². The first-order chi connectivity index (χ1) is 9.50. The lowest BCUT2D eigenvalue weighted by Gasteiger charge is -2.24. The number of thiophene rings is 1. The van der Waals surface area contributed by atoms with Crippen LogP contribution in [-0.4, -0.2) is 13.6 Å². The normalized spacial score (nSPS) is 18.5. The predicted octanol–water partition coefficient (Wildman–Crippen LogP) is 5.23. The molecule has 1 saturated carbocycles. The Kier molecular flexibility index (Phi) is 5.45. The van der Waals surface area contributed by atoms with Crippen LogP contribution in [0.1, 0.15) is 62.6 Å². The van der Waals surface area contributed by atoms with Crippen LogP contribution in [-0.2, 0) is 5.41 Å². The number of likely N-dealkylation sites (N-methyl/N-ethyl adjacent to an activating group) is 1. The van der Waals surface area contributed by atoms with Crippen molar-refractivity contribution in [1.82, 2.24) is 5.32 Å². The molecule has 2 rings (SSSR count). The maximum absolute atomic E-state index is 3.36. The van der Waals surface area contributed by atoms with Crippen LogP contribution < -0.4 is 5.32 Å². The number of hydrogen-bond donors (Lipinski definition) is 1. The van der Waals surface area contributed by atoms with Crippen molar-refractivity contribution >= 4 is 17.4 Å². The molecule has 1 aromatic rings. The lowest BCUT2D eigenvalue weighted by Crippen LogP contribution is -2.19. The summed E-state index contributed by atoms with van der Waals surface area (Å²) in [6.07, 6.45) is 9.45. The molecule has 0 spiro atoms. The lowest BCUT2D eigenvalue weighted by molar-refractivity contribution is 0.398. The zero-order valence-corrected chi connectivity index (χ0v) is 14.3. The van der Waals surface area contributed by atoms with Crippen LogP contribution in [0.4, 0.5) is 0 Å². The molecule has 1 aliphatic rings. The molecule has 0 radical (unpaired) electrons. The Hall–Kier alpha value is -0.600. The minimum absolute atomic E-state index is 0.269. The van der Waals surface area contributed by atoms with Crippen molar-refractivity contribution in [1.29, 1.82) is 0 Å². The van der Waals surface area contributed by atoms with Crippen molar-refractivity contribution in [3.63, 3.8) is 0 Å². The standard InChI is InChI=1S/C18H29NS/c1-18(2,3)17-11-10-16(20-17)12-15(13-19-4)14-8-6-5-7-9-14/h10-12,14,19H,5-9,13H2,1-4H3/b15-12-. The van der Waals surface area contributed by atoms with E-state index < -0.39 is 0 Å². The van der Waals surface area contributed by atoms with Crippen LogP contribution in [0.2, 0.25) is 0 Å². The minimum atomic E-state index is 0.269. The third kappa shape index (κ3) is 4.20. The highest BCUT2D eigenvalue weighted by Crippen LogP contribution is 2.34. The summed E-state index contributed by atoms with van der Waals surface area (Å²) in [4.78, 5) is 2.90. The molecule has 1 fully saturated rings. The van der Waals surface area contributed by atoms with Gasteiger partial charge in [0, 0.05) is 16.3 Å². The molecular formula is C18H29NS. The van der Waals surface area contributed by atoms with Crippen molar-refractivity contribution in [3.05, 3.63) is 27.5 Å². The zero-order chi connectivity index (χ0) is 14.6. The molecule has 20 heavy (non-hydrogen) atoms. The first-order valence-electron chi connectivity index (χ1n) is 7.96. The average Bonchev–Trinajstić information content (AvgIpc) is 2.88. The number of rotatable bonds is 4. The maximum atomic E-state index is 3.36. The van der Waals surface area contributed by atoms with E-state index in [9.17, 15) is 0 Å². The smallest absolute Gasteiger partial charge is 0.0273 e. The van der Waals surface area contributed by atoms with E-state index in [4.69, 9.17) is 0 Å². The second kappa shape index (κ2) is 6.91. The van der Waals surface area contributed by atoms with E-state index >= 15 is 0 Å². The van der Waals surface area contributed by atoms with E-state index in [0.29, 0.717) is 0 Å². The van der Waals surface area contributed by atoms with Crippen molar-refractivity contribution in [2.75, 3.05) is 13.6 Å². The van der Waals surface area contributed by atoms with E-state index in [1.165, 1.54) is 41.9 Å². The summed E-state index contributed by atoms with van der Waals surface area (Å²) in [5.74, 6) is 0.802. The maximum Gasteiger partial charge on any atom is 0.0273 e. The Labute approximate surface area is 128 Å². The number of nitrogens with one attached hydrogen (secondary N) is 1. The van der Waals surface area contributed by atoms with Gasteiger partial charge in [0.2, 0.25) is 0 Å². The Morgan fingerprint density at radius 2 is 1.95 bits per heavy atom.